The molecule has 0 radical (unpaired) electrons. The van der Waals surface area contributed by atoms with Crippen molar-refractivity contribution in [3.63, 3.8) is 0 Å². The van der Waals surface area contributed by atoms with Crippen LogP contribution in [0.5, 0.6) is 0 Å². The average Bonchev–Trinajstić information content (AvgIpc) is 3.26. The van der Waals surface area contributed by atoms with Gasteiger partial charge in [-0.05, 0) is 85.9 Å². The molecule has 3 aromatic rings. The van der Waals surface area contributed by atoms with Crippen molar-refractivity contribution >= 4 is 62.5 Å². The highest BCUT2D eigenvalue weighted by Crippen LogP contribution is 2.53. The minimum Gasteiger partial charge on any atom is -0.598 e. The quantitative estimate of drug-likeness (QED) is 0.311. The first kappa shape index (κ1) is 23.4. The molecule has 0 amide bonds. The van der Waals surface area contributed by atoms with Crippen molar-refractivity contribution in [3.8, 4) is 0 Å². The van der Waals surface area contributed by atoms with E-state index in [-0.39, 0.29) is 21.8 Å². The zero-order chi connectivity index (χ0) is 23.5. The zero-order valence-electron chi connectivity index (χ0n) is 18.7. The van der Waals surface area contributed by atoms with E-state index in [1.54, 1.807) is 0 Å². The molecule has 176 valence electrons. The zero-order valence-corrected chi connectivity index (χ0v) is 22.4. The Hall–Kier alpha value is -1.34. The molecule has 3 heterocycles. The molecular weight excluding hydrogens is 575 g/mol. The second kappa shape index (κ2) is 8.40. The topological polar surface area (TPSA) is 113 Å². The SMILES string of the molecule is CC(C)(C)[S@@+]([O-])N[C@@H]1c2cc(Cl)ccc2CC12CCN(c1nc3[nH]nc(I)c3c(=O)[nH]1)CC2. The summed E-state index contributed by atoms with van der Waals surface area (Å²) in [4.78, 5) is 22.2. The van der Waals surface area contributed by atoms with Gasteiger partial charge in [-0.2, -0.15) is 10.1 Å². The molecule has 1 saturated heterocycles. The molecule has 33 heavy (non-hydrogen) atoms. The van der Waals surface area contributed by atoms with Gasteiger partial charge in [-0.1, -0.05) is 17.7 Å². The van der Waals surface area contributed by atoms with Crippen LogP contribution in [0, 0.1) is 9.12 Å². The molecule has 2 atom stereocenters. The number of benzene rings is 1. The first-order chi connectivity index (χ1) is 15.6. The molecule has 3 N–H and O–H groups in total. The Morgan fingerprint density at radius 1 is 1.33 bits per heavy atom. The van der Waals surface area contributed by atoms with E-state index in [1.807, 2.05) is 55.5 Å². The molecule has 1 aliphatic heterocycles. The summed E-state index contributed by atoms with van der Waals surface area (Å²) in [7, 11) is 0. The Morgan fingerprint density at radius 3 is 2.76 bits per heavy atom. The minimum atomic E-state index is -1.21. The van der Waals surface area contributed by atoms with Crippen LogP contribution in [0.4, 0.5) is 5.95 Å². The number of H-pyrrole nitrogens is 2. The van der Waals surface area contributed by atoms with Gasteiger partial charge in [-0.3, -0.25) is 14.9 Å². The summed E-state index contributed by atoms with van der Waals surface area (Å²) in [6.45, 7) is 7.42. The number of rotatable bonds is 3. The summed E-state index contributed by atoms with van der Waals surface area (Å²) >= 11 is 7.17. The number of anilines is 1. The third-order valence-corrected chi connectivity index (χ3v) is 9.36. The Bertz CT molecular complexity index is 1260. The van der Waals surface area contributed by atoms with Gasteiger partial charge < -0.3 is 9.45 Å². The number of hydrogen-bond acceptors (Lipinski definition) is 6. The molecule has 8 nitrogen and oxygen atoms in total. The van der Waals surface area contributed by atoms with Crippen LogP contribution >= 0.6 is 34.2 Å². The standard InChI is InChI=1S/C22H26ClIN6O2S/c1-21(2,3)33(32)29-16-14-10-13(23)5-4-12(14)11-22(16)6-8-30(9-7-22)20-25-18-15(19(31)26-20)17(24)27-28-18/h4-5,10,16,29H,6-9,11H2,1-3H3,(H2,25,26,27,28,31)/t16-,33-/m1/s1. The first-order valence-corrected chi connectivity index (χ1v) is 13.5. The van der Waals surface area contributed by atoms with E-state index >= 15 is 0 Å². The molecule has 1 aliphatic carbocycles. The third-order valence-electron chi connectivity index (χ3n) is 6.79. The lowest BCUT2D eigenvalue weighted by Crippen LogP contribution is -2.50. The fraction of sp³-hybridized carbons (Fsp3) is 0.500. The van der Waals surface area contributed by atoms with E-state index in [4.69, 9.17) is 11.6 Å². The van der Waals surface area contributed by atoms with Crippen LogP contribution in [0.15, 0.2) is 23.0 Å². The molecule has 0 unspecified atom stereocenters. The average molecular weight is 601 g/mol. The van der Waals surface area contributed by atoms with Gasteiger partial charge in [-0.15, -0.1) is 4.72 Å². The highest BCUT2D eigenvalue weighted by Gasteiger charge is 2.50. The van der Waals surface area contributed by atoms with Gasteiger partial charge in [0, 0.05) is 34.9 Å². The number of aromatic nitrogens is 4. The van der Waals surface area contributed by atoms with E-state index < -0.39 is 11.4 Å². The van der Waals surface area contributed by atoms with Gasteiger partial charge in [0.05, 0.1) is 6.04 Å². The van der Waals surface area contributed by atoms with Crippen molar-refractivity contribution in [2.45, 2.75) is 50.8 Å². The molecule has 2 aliphatic rings. The van der Waals surface area contributed by atoms with Gasteiger partial charge in [0.25, 0.3) is 5.56 Å². The van der Waals surface area contributed by atoms with Crippen molar-refractivity contribution < 1.29 is 4.55 Å². The summed E-state index contributed by atoms with van der Waals surface area (Å²) in [5.41, 5.74) is 2.65. The van der Waals surface area contributed by atoms with E-state index in [1.165, 1.54) is 5.56 Å². The van der Waals surface area contributed by atoms with E-state index in [9.17, 15) is 9.35 Å². The summed E-state index contributed by atoms with van der Waals surface area (Å²) in [6.07, 6.45) is 2.66. The van der Waals surface area contributed by atoms with Gasteiger partial charge >= 0.3 is 0 Å². The fourth-order valence-electron chi connectivity index (χ4n) is 4.95. The monoisotopic (exact) mass is 600 g/mol. The summed E-state index contributed by atoms with van der Waals surface area (Å²) in [5, 5.41) is 8.13. The molecule has 5 rings (SSSR count). The summed E-state index contributed by atoms with van der Waals surface area (Å²) in [5.74, 6) is 0.559. The van der Waals surface area contributed by atoms with Crippen LogP contribution < -0.4 is 15.2 Å². The normalized spacial score (nSPS) is 21.0. The maximum Gasteiger partial charge on any atom is 0.264 e. The molecule has 1 fully saturated rings. The first-order valence-electron chi connectivity index (χ1n) is 10.9. The summed E-state index contributed by atoms with van der Waals surface area (Å²) in [6, 6.07) is 6.00. The van der Waals surface area contributed by atoms with Crippen molar-refractivity contribution in [2.75, 3.05) is 18.0 Å². The minimum absolute atomic E-state index is 0.0444. The Kier molecular flexibility index (Phi) is 5.96. The van der Waals surface area contributed by atoms with Crippen molar-refractivity contribution in [1.29, 1.82) is 0 Å². The van der Waals surface area contributed by atoms with E-state index in [0.29, 0.717) is 25.7 Å². The lowest BCUT2D eigenvalue weighted by molar-refractivity contribution is 0.175. The van der Waals surface area contributed by atoms with Crippen LogP contribution in [0.2, 0.25) is 5.02 Å². The van der Waals surface area contributed by atoms with Crippen LogP contribution in [-0.4, -0.2) is 42.6 Å². The lowest BCUT2D eigenvalue weighted by atomic mass is 9.73. The fourth-order valence-corrected chi connectivity index (χ4v) is 6.70. The highest BCUT2D eigenvalue weighted by atomic mass is 127. The number of piperidine rings is 1. The van der Waals surface area contributed by atoms with E-state index in [0.717, 1.165) is 37.9 Å². The van der Waals surface area contributed by atoms with Crippen LogP contribution in [0.1, 0.15) is 50.8 Å². The van der Waals surface area contributed by atoms with Gasteiger partial charge in [0.1, 0.15) is 13.8 Å². The maximum absolute atomic E-state index is 13.1. The molecular formula is C22H26ClIN6O2S. The number of nitrogens with one attached hydrogen (secondary N) is 3. The Morgan fingerprint density at radius 2 is 2.06 bits per heavy atom. The van der Waals surface area contributed by atoms with Crippen molar-refractivity contribution in [3.05, 3.63) is 48.4 Å². The molecule has 11 heteroatoms. The third kappa shape index (κ3) is 4.18. The number of halogens is 2. The van der Waals surface area contributed by atoms with Crippen LogP contribution in [0.25, 0.3) is 11.0 Å². The number of aromatic amines is 2. The van der Waals surface area contributed by atoms with Crippen molar-refractivity contribution in [1.82, 2.24) is 24.9 Å². The predicted octanol–water partition coefficient (Wildman–Crippen LogP) is 3.84. The maximum atomic E-state index is 13.1. The molecule has 0 saturated carbocycles. The van der Waals surface area contributed by atoms with Crippen molar-refractivity contribution in [2.24, 2.45) is 5.41 Å². The number of nitrogens with zero attached hydrogens (tertiary/aromatic N) is 3. The second-order valence-corrected chi connectivity index (χ2v) is 13.4. The van der Waals surface area contributed by atoms with Gasteiger partial charge in [0.15, 0.2) is 5.65 Å². The van der Waals surface area contributed by atoms with Gasteiger partial charge in [-0.25, -0.2) is 0 Å². The molecule has 1 aromatic carbocycles. The highest BCUT2D eigenvalue weighted by molar-refractivity contribution is 14.1. The predicted molar refractivity (Wildman–Crippen MR) is 140 cm³/mol. The lowest BCUT2D eigenvalue weighted by Gasteiger charge is -2.44. The smallest absolute Gasteiger partial charge is 0.264 e. The number of hydrogen-bond donors (Lipinski definition) is 3. The number of fused-ring (bicyclic) bond motifs is 2. The van der Waals surface area contributed by atoms with Crippen LogP contribution in [0.3, 0.4) is 0 Å². The van der Waals surface area contributed by atoms with Gasteiger partial charge in [0.2, 0.25) is 5.95 Å². The molecule has 0 bridgehead atoms. The second-order valence-electron chi connectivity index (χ2n) is 9.93. The Labute approximate surface area is 213 Å². The summed E-state index contributed by atoms with van der Waals surface area (Å²) < 4.78 is 16.8. The van der Waals surface area contributed by atoms with E-state index in [2.05, 4.69) is 35.9 Å². The largest absolute Gasteiger partial charge is 0.598 e. The van der Waals surface area contributed by atoms with Crippen LogP contribution in [-0.2, 0) is 17.8 Å². The molecule has 1 spiro atoms. The molecule has 2 aromatic heterocycles. The Balaban J connectivity index is 1.43.